The third-order valence-electron chi connectivity index (χ3n) is 15.9. The topological polar surface area (TPSA) is 274 Å². The minimum atomic E-state index is -1.52. The van der Waals surface area contributed by atoms with E-state index >= 15 is 0 Å². The molecule has 0 aromatic heterocycles. The number of hydrogen-bond acceptors (Lipinski definition) is 16. The van der Waals surface area contributed by atoms with Gasteiger partial charge in [-0.1, -0.05) is 61.2 Å². The lowest BCUT2D eigenvalue weighted by Gasteiger charge is -2.31. The number of benzene rings is 4. The highest BCUT2D eigenvalue weighted by molar-refractivity contribution is 6.15. The molecular weight excluding hydrogens is 1140 g/mol. The second-order valence-electron chi connectivity index (χ2n) is 23.1. The van der Waals surface area contributed by atoms with E-state index in [9.17, 15) is 43.5 Å². The molecule has 5 atom stereocenters. The lowest BCUT2D eigenvalue weighted by Crippen LogP contribution is -2.53. The molecule has 8 amide bonds. The van der Waals surface area contributed by atoms with Crippen LogP contribution in [0.1, 0.15) is 124 Å². The lowest BCUT2D eigenvalue weighted by molar-refractivity contribution is -0.138. The van der Waals surface area contributed by atoms with Crippen molar-refractivity contribution in [1.82, 2.24) is 25.3 Å². The minimum absolute atomic E-state index is 0.0500. The number of methoxy groups -OCH3 is 2. The molecule has 0 radical (unpaired) electrons. The van der Waals surface area contributed by atoms with Crippen LogP contribution in [0.2, 0.25) is 0 Å². The van der Waals surface area contributed by atoms with E-state index in [1.807, 2.05) is 39.1 Å². The average Bonchev–Trinajstić information content (AvgIpc) is 1.68. The number of aryl methyl sites for hydroxylation is 1. The Kier molecular flexibility index (Phi) is 20.5. The molecule has 0 fully saturated rings. The van der Waals surface area contributed by atoms with Crippen molar-refractivity contribution < 1.29 is 71.9 Å². The first-order valence-corrected chi connectivity index (χ1v) is 29.9. The van der Waals surface area contributed by atoms with Crippen molar-refractivity contribution in [2.45, 2.75) is 136 Å². The van der Waals surface area contributed by atoms with Gasteiger partial charge in [0.05, 0.1) is 68.1 Å². The zero-order chi connectivity index (χ0) is 63.6. The van der Waals surface area contributed by atoms with E-state index in [1.54, 1.807) is 79.7 Å². The van der Waals surface area contributed by atoms with E-state index in [1.165, 1.54) is 44.3 Å². The van der Waals surface area contributed by atoms with E-state index in [0.717, 1.165) is 32.9 Å². The molecular formula is C66H76N8O15. The van der Waals surface area contributed by atoms with Crippen molar-refractivity contribution >= 4 is 70.7 Å². The Bertz CT molecular complexity index is 3500. The van der Waals surface area contributed by atoms with Gasteiger partial charge in [0.25, 0.3) is 23.6 Å². The Labute approximate surface area is 516 Å². The predicted octanol–water partition coefficient (Wildman–Crippen LogP) is 8.54. The number of amides is 8. The quantitative estimate of drug-likeness (QED) is 0.0339. The van der Waals surface area contributed by atoms with Crippen LogP contribution >= 0.6 is 0 Å². The van der Waals surface area contributed by atoms with Gasteiger partial charge in [0.15, 0.2) is 35.0 Å². The van der Waals surface area contributed by atoms with Gasteiger partial charge in [-0.05, 0) is 121 Å². The number of aliphatic hydroxyl groups excluding tert-OH is 1. The first-order valence-electron chi connectivity index (χ1n) is 29.9. The molecule has 4 unspecified atom stereocenters. The molecule has 9 rings (SSSR count). The molecule has 89 heavy (non-hydrogen) atoms. The summed E-state index contributed by atoms with van der Waals surface area (Å²) < 4.78 is 35.1. The highest BCUT2D eigenvalue weighted by Gasteiger charge is 2.45. The van der Waals surface area contributed by atoms with Crippen LogP contribution in [0, 0.1) is 12.8 Å². The van der Waals surface area contributed by atoms with Crippen LogP contribution in [0.15, 0.2) is 113 Å². The molecule has 5 heterocycles. The van der Waals surface area contributed by atoms with Gasteiger partial charge in [-0.15, -0.1) is 0 Å². The van der Waals surface area contributed by atoms with E-state index in [0.29, 0.717) is 91.3 Å². The molecule has 0 saturated carbocycles. The summed E-state index contributed by atoms with van der Waals surface area (Å²) in [6.07, 6.45) is 8.50. The summed E-state index contributed by atoms with van der Waals surface area (Å²) in [5.74, 6) is -1.60. The molecule has 0 bridgehead atoms. The maximum absolute atomic E-state index is 14.2. The number of unbranched alkanes of at least 4 members (excludes halogenated alkanes) is 4. The number of hydrogen-bond donors (Lipinski definition) is 4. The van der Waals surface area contributed by atoms with Gasteiger partial charge in [-0.25, -0.2) is 9.69 Å². The molecule has 0 saturated heterocycles. The smallest absolute Gasteiger partial charge is 0.416 e. The number of nitrogens with one attached hydrogen (secondary N) is 3. The third kappa shape index (κ3) is 15.1. The minimum Gasteiger partial charge on any atom is -0.493 e. The fourth-order valence-electron chi connectivity index (χ4n) is 11.0. The highest BCUT2D eigenvalue weighted by atomic mass is 16.6. The lowest BCUT2D eigenvalue weighted by atomic mass is 10.0. The van der Waals surface area contributed by atoms with Gasteiger partial charge in [0.2, 0.25) is 17.7 Å². The molecule has 0 spiro atoms. The predicted molar refractivity (Wildman–Crippen MR) is 329 cm³/mol. The van der Waals surface area contributed by atoms with Gasteiger partial charge in [0.1, 0.15) is 24.4 Å². The average molecular weight is 1220 g/mol. The van der Waals surface area contributed by atoms with Crippen molar-refractivity contribution in [3.05, 3.63) is 130 Å². The number of carbonyl (C=O) groups excluding carboxylic acids is 8. The second-order valence-corrected chi connectivity index (χ2v) is 23.1. The largest absolute Gasteiger partial charge is 0.493 e. The number of aliphatic hydroxyl groups is 1. The fourth-order valence-corrected chi connectivity index (χ4v) is 11.0. The maximum Gasteiger partial charge on any atom is 0.416 e. The molecule has 4 aromatic carbocycles. The summed E-state index contributed by atoms with van der Waals surface area (Å²) in [5.41, 5.74) is 4.95. The molecule has 4 N–H and O–H groups in total. The number of carbonyl (C=O) groups is 8. The van der Waals surface area contributed by atoms with Crippen LogP contribution in [-0.4, -0.2) is 138 Å². The van der Waals surface area contributed by atoms with E-state index < -0.39 is 60.0 Å². The highest BCUT2D eigenvalue weighted by Crippen LogP contribution is 2.43. The normalized spacial score (nSPS) is 18.1. The maximum atomic E-state index is 14.2. The number of aliphatic imine (C=N–C) groups is 1. The van der Waals surface area contributed by atoms with Crippen LogP contribution in [0.25, 0.3) is 0 Å². The standard InChI is InChI=1S/C66H76N8O15/c1-38(2)59(70-57(75)15-11-9-12-24-71-58(76)33-56(65(71)82)89-46-22-16-39(3)17-23-46)61(78)68-42(6)60(77)69-44-20-18-43(19-21-44)37-88-66(83)74-50-32-55(53(85-8)30-48(50)63(80)73-36-41(5)28-51(73)64(74)81)87-26-14-10-13-25-86-54-31-49-47(29-52(54)84-7)62(79)72-35-40(4)27-45(72)34-67-49/h16-23,29-36,38,42,45,51,59,64,81H,9-15,24-28,37H2,1-8H3,(H,68,78)(H,69,77)(H,70,75)/t42?,45-,51?,59?,64?/m1/s1. The Morgan fingerprint density at radius 1 is 0.697 bits per heavy atom. The Morgan fingerprint density at radius 3 is 2.02 bits per heavy atom. The molecule has 23 nitrogen and oxygen atoms in total. The Morgan fingerprint density at radius 2 is 1.34 bits per heavy atom. The first-order chi connectivity index (χ1) is 42.7. The molecule has 470 valence electrons. The van der Waals surface area contributed by atoms with Crippen molar-refractivity contribution in [3.63, 3.8) is 0 Å². The van der Waals surface area contributed by atoms with E-state index in [2.05, 4.69) is 20.9 Å². The fraction of sp³-hybridized carbons (Fsp3) is 0.409. The first kappa shape index (κ1) is 64.0. The van der Waals surface area contributed by atoms with E-state index in [4.69, 9.17) is 28.4 Å². The van der Waals surface area contributed by atoms with Gasteiger partial charge in [-0.2, -0.15) is 0 Å². The van der Waals surface area contributed by atoms with E-state index in [-0.39, 0.29) is 78.5 Å². The van der Waals surface area contributed by atoms with Gasteiger partial charge in [0, 0.05) is 49.4 Å². The molecule has 4 aromatic rings. The van der Waals surface area contributed by atoms with Crippen LogP contribution in [0.5, 0.6) is 28.7 Å². The van der Waals surface area contributed by atoms with Crippen molar-refractivity contribution in [1.29, 1.82) is 0 Å². The van der Waals surface area contributed by atoms with Crippen LogP contribution in [-0.2, 0) is 35.3 Å². The number of fused-ring (bicyclic) bond motifs is 4. The number of rotatable bonds is 26. The summed E-state index contributed by atoms with van der Waals surface area (Å²) in [5, 5.41) is 20.2. The Hall–Kier alpha value is -9.51. The molecule has 5 aliphatic heterocycles. The van der Waals surface area contributed by atoms with Gasteiger partial charge >= 0.3 is 6.09 Å². The Balaban J connectivity index is 0.735. The molecule has 0 aliphatic carbocycles. The van der Waals surface area contributed by atoms with Gasteiger partial charge in [-0.3, -0.25) is 43.5 Å². The van der Waals surface area contributed by atoms with Crippen LogP contribution in [0.3, 0.4) is 0 Å². The third-order valence-corrected chi connectivity index (χ3v) is 15.9. The molecule has 5 aliphatic rings. The molecule has 23 heteroatoms. The zero-order valence-corrected chi connectivity index (χ0v) is 51.3. The summed E-state index contributed by atoms with van der Waals surface area (Å²) in [6, 6.07) is 17.0. The number of ether oxygens (including phenoxy) is 6. The summed E-state index contributed by atoms with van der Waals surface area (Å²) in [4.78, 5) is 117. The SMILES string of the molecule is COc1cc2c(cc1OCCCCCOc1cc3c(cc1OC)C(=O)N1C=C(C)CC1C(O)N3C(=O)OCc1ccc(NC(=O)C(C)NC(=O)C(NC(=O)CCCCCN3C(=O)C=C(Oc4ccc(C)cc4)C3=O)C(C)C)cc1)N=C[C@H]1CC(C)=CN1C2=O. The summed E-state index contributed by atoms with van der Waals surface area (Å²) >= 11 is 0. The number of imide groups is 1. The number of nitrogens with zero attached hydrogens (tertiary/aromatic N) is 5. The van der Waals surface area contributed by atoms with Crippen molar-refractivity contribution in [3.8, 4) is 28.7 Å². The summed E-state index contributed by atoms with van der Waals surface area (Å²) in [6.45, 7) is 11.3. The van der Waals surface area contributed by atoms with Gasteiger partial charge < -0.3 is 59.3 Å². The van der Waals surface area contributed by atoms with Crippen molar-refractivity contribution in [2.24, 2.45) is 10.9 Å². The monoisotopic (exact) mass is 1220 g/mol. The van der Waals surface area contributed by atoms with Crippen LogP contribution in [0.4, 0.5) is 21.9 Å². The van der Waals surface area contributed by atoms with Crippen molar-refractivity contribution in [2.75, 3.05) is 44.2 Å². The second kappa shape index (κ2) is 28.5. The van der Waals surface area contributed by atoms with Crippen LogP contribution < -0.4 is 44.5 Å². The zero-order valence-electron chi connectivity index (χ0n) is 51.3. The summed E-state index contributed by atoms with van der Waals surface area (Å²) in [7, 11) is 2.96. The number of anilines is 2.